The molecule has 0 unspecified atom stereocenters. The molecule has 25 heavy (non-hydrogen) atoms. The van der Waals surface area contributed by atoms with E-state index in [2.05, 4.69) is 23.5 Å². The molecule has 0 radical (unpaired) electrons. The molecule has 130 valence electrons. The molecule has 2 aliphatic carbocycles. The minimum absolute atomic E-state index is 0.141. The molecule has 0 amide bonds. The van der Waals surface area contributed by atoms with E-state index in [9.17, 15) is 20.2 Å². The maximum Gasteiger partial charge on any atom is 0.301 e. The number of nitrogens with one attached hydrogen (secondary N) is 1. The van der Waals surface area contributed by atoms with Crippen molar-refractivity contribution in [1.82, 2.24) is 0 Å². The second-order valence-electron chi connectivity index (χ2n) is 6.21. The average Bonchev–Trinajstić information content (AvgIpc) is 2.99. The third-order valence-corrected chi connectivity index (χ3v) is 4.58. The SMILES string of the molecule is CC1=C2CCCC2=C/C(=N/Nc2ccc([N+](=O)[O-])cc2[N+](=O)[O-])CC1. The number of rotatable bonds is 4. The molecule has 8 nitrogen and oxygen atoms in total. The van der Waals surface area contributed by atoms with Crippen LogP contribution in [0.3, 0.4) is 0 Å². The number of allylic oxidation sites excluding steroid dienone is 4. The first-order chi connectivity index (χ1) is 12.0. The van der Waals surface area contributed by atoms with Crippen LogP contribution in [-0.2, 0) is 0 Å². The molecule has 0 spiro atoms. The topological polar surface area (TPSA) is 111 Å². The molecule has 1 aromatic carbocycles. The van der Waals surface area contributed by atoms with Crippen LogP contribution >= 0.6 is 0 Å². The molecule has 0 bridgehead atoms. The minimum atomic E-state index is -0.658. The number of hydrogen-bond acceptors (Lipinski definition) is 6. The first kappa shape index (κ1) is 16.8. The summed E-state index contributed by atoms with van der Waals surface area (Å²) in [5.74, 6) is 0. The molecule has 1 N–H and O–H groups in total. The molecule has 3 rings (SSSR count). The van der Waals surface area contributed by atoms with Crippen LogP contribution in [0.5, 0.6) is 0 Å². The predicted octanol–water partition coefficient (Wildman–Crippen LogP) is 4.49. The minimum Gasteiger partial charge on any atom is -0.271 e. The Morgan fingerprint density at radius 2 is 1.88 bits per heavy atom. The molecular formula is C17H18N4O4. The van der Waals surface area contributed by atoms with Crippen molar-refractivity contribution in [2.24, 2.45) is 5.10 Å². The lowest BCUT2D eigenvalue weighted by Crippen LogP contribution is -2.02. The van der Waals surface area contributed by atoms with Crippen molar-refractivity contribution in [2.75, 3.05) is 5.43 Å². The highest BCUT2D eigenvalue weighted by atomic mass is 16.6. The Morgan fingerprint density at radius 3 is 2.60 bits per heavy atom. The first-order valence-electron chi connectivity index (χ1n) is 8.10. The molecule has 2 aliphatic rings. The van der Waals surface area contributed by atoms with Gasteiger partial charge in [0.15, 0.2) is 0 Å². The van der Waals surface area contributed by atoms with Crippen molar-refractivity contribution in [2.45, 2.75) is 39.0 Å². The zero-order valence-electron chi connectivity index (χ0n) is 13.8. The van der Waals surface area contributed by atoms with Crippen molar-refractivity contribution >= 4 is 22.8 Å². The summed E-state index contributed by atoms with van der Waals surface area (Å²) in [6.07, 6.45) is 7.01. The lowest BCUT2D eigenvalue weighted by Gasteiger charge is -2.05. The van der Waals surface area contributed by atoms with Crippen LogP contribution in [0, 0.1) is 20.2 Å². The lowest BCUT2D eigenvalue weighted by molar-refractivity contribution is -0.393. The second-order valence-corrected chi connectivity index (χ2v) is 6.21. The number of benzene rings is 1. The van der Waals surface area contributed by atoms with Crippen molar-refractivity contribution in [3.63, 3.8) is 0 Å². The van der Waals surface area contributed by atoms with Gasteiger partial charge in [-0.2, -0.15) is 5.10 Å². The summed E-state index contributed by atoms with van der Waals surface area (Å²) < 4.78 is 0. The fraction of sp³-hybridized carbons (Fsp3) is 0.353. The average molecular weight is 342 g/mol. The van der Waals surface area contributed by atoms with Gasteiger partial charge in [0.05, 0.1) is 21.6 Å². The molecule has 1 fully saturated rings. The summed E-state index contributed by atoms with van der Waals surface area (Å²) in [4.78, 5) is 20.7. The van der Waals surface area contributed by atoms with Gasteiger partial charge in [-0.1, -0.05) is 5.57 Å². The van der Waals surface area contributed by atoms with Gasteiger partial charge in [-0.05, 0) is 62.3 Å². The summed E-state index contributed by atoms with van der Waals surface area (Å²) in [5.41, 5.74) is 7.11. The predicted molar refractivity (Wildman–Crippen MR) is 94.7 cm³/mol. The summed E-state index contributed by atoms with van der Waals surface area (Å²) in [7, 11) is 0. The monoisotopic (exact) mass is 342 g/mol. The van der Waals surface area contributed by atoms with Gasteiger partial charge in [0.2, 0.25) is 0 Å². The van der Waals surface area contributed by atoms with E-state index in [4.69, 9.17) is 0 Å². The van der Waals surface area contributed by atoms with Crippen molar-refractivity contribution in [1.29, 1.82) is 0 Å². The first-order valence-corrected chi connectivity index (χ1v) is 8.10. The summed E-state index contributed by atoms with van der Waals surface area (Å²) in [6.45, 7) is 2.14. The Balaban J connectivity index is 1.86. The van der Waals surface area contributed by atoms with E-state index >= 15 is 0 Å². The quantitative estimate of drug-likeness (QED) is 0.640. The van der Waals surface area contributed by atoms with Crippen LogP contribution < -0.4 is 5.43 Å². The van der Waals surface area contributed by atoms with E-state index in [1.807, 2.05) is 0 Å². The van der Waals surface area contributed by atoms with Gasteiger partial charge in [0, 0.05) is 6.07 Å². The summed E-state index contributed by atoms with van der Waals surface area (Å²) >= 11 is 0. The van der Waals surface area contributed by atoms with E-state index in [1.54, 1.807) is 0 Å². The lowest BCUT2D eigenvalue weighted by atomic mass is 10.0. The Bertz CT molecular complexity index is 839. The van der Waals surface area contributed by atoms with Gasteiger partial charge in [0.25, 0.3) is 5.69 Å². The van der Waals surface area contributed by atoms with Crippen LogP contribution in [0.25, 0.3) is 0 Å². The molecule has 0 atom stereocenters. The van der Waals surface area contributed by atoms with E-state index in [1.165, 1.54) is 28.9 Å². The van der Waals surface area contributed by atoms with Gasteiger partial charge in [-0.15, -0.1) is 0 Å². The molecule has 1 aromatic rings. The Morgan fingerprint density at radius 1 is 1.08 bits per heavy atom. The molecule has 1 saturated carbocycles. The van der Waals surface area contributed by atoms with Crippen LogP contribution in [-0.4, -0.2) is 15.6 Å². The number of hydrazone groups is 1. The number of non-ortho nitro benzene ring substituents is 1. The molecule has 0 aromatic heterocycles. The highest BCUT2D eigenvalue weighted by Crippen LogP contribution is 2.36. The van der Waals surface area contributed by atoms with E-state index in [0.717, 1.165) is 43.9 Å². The van der Waals surface area contributed by atoms with E-state index in [0.29, 0.717) is 0 Å². The fourth-order valence-corrected chi connectivity index (χ4v) is 3.25. The van der Waals surface area contributed by atoms with Crippen molar-refractivity contribution in [3.8, 4) is 0 Å². The maximum atomic E-state index is 11.2. The Hall–Kier alpha value is -3.03. The number of nitro groups is 2. The molecule has 0 aliphatic heterocycles. The third-order valence-electron chi connectivity index (χ3n) is 4.58. The number of anilines is 1. The van der Waals surface area contributed by atoms with Crippen LogP contribution in [0.4, 0.5) is 17.1 Å². The smallest absolute Gasteiger partial charge is 0.271 e. The van der Waals surface area contributed by atoms with E-state index < -0.39 is 9.85 Å². The highest BCUT2D eigenvalue weighted by molar-refractivity contribution is 5.97. The molecule has 0 saturated heterocycles. The zero-order valence-corrected chi connectivity index (χ0v) is 13.8. The van der Waals surface area contributed by atoms with Gasteiger partial charge in [-0.3, -0.25) is 25.7 Å². The van der Waals surface area contributed by atoms with Crippen molar-refractivity contribution in [3.05, 3.63) is 61.2 Å². The van der Waals surface area contributed by atoms with E-state index in [-0.39, 0.29) is 17.1 Å². The van der Waals surface area contributed by atoms with Crippen LogP contribution in [0.1, 0.15) is 39.0 Å². The van der Waals surface area contributed by atoms with Crippen LogP contribution in [0.2, 0.25) is 0 Å². The highest BCUT2D eigenvalue weighted by Gasteiger charge is 2.21. The Labute approximate surface area is 144 Å². The molecule has 8 heteroatoms. The summed E-state index contributed by atoms with van der Waals surface area (Å²) in [6, 6.07) is 3.48. The van der Waals surface area contributed by atoms with Gasteiger partial charge in [-0.25, -0.2) is 0 Å². The number of nitrogens with zero attached hydrogens (tertiary/aromatic N) is 3. The number of hydrogen-bond donors (Lipinski definition) is 1. The maximum absolute atomic E-state index is 11.2. The number of nitro benzene ring substituents is 2. The zero-order chi connectivity index (χ0) is 18.0. The molecular weight excluding hydrogens is 324 g/mol. The van der Waals surface area contributed by atoms with Crippen molar-refractivity contribution < 1.29 is 9.85 Å². The normalized spacial score (nSPS) is 18.6. The standard InChI is InChI=1S/C17H18N4O4/c1-11-5-6-13(9-12-3-2-4-15(11)12)18-19-16-8-7-14(20(22)23)10-17(16)21(24)25/h7-10,19H,2-6H2,1H3/b18-13+. The van der Waals surface area contributed by atoms with Gasteiger partial charge >= 0.3 is 5.69 Å². The third kappa shape index (κ3) is 3.57. The Kier molecular flexibility index (Phi) is 4.60. The van der Waals surface area contributed by atoms with Crippen LogP contribution in [0.15, 0.2) is 46.1 Å². The fourth-order valence-electron chi connectivity index (χ4n) is 3.25. The second kappa shape index (κ2) is 6.84. The molecule has 0 heterocycles. The number of fused-ring (bicyclic) bond motifs is 1. The van der Waals surface area contributed by atoms with Gasteiger partial charge in [0.1, 0.15) is 5.69 Å². The van der Waals surface area contributed by atoms with Gasteiger partial charge < -0.3 is 0 Å². The largest absolute Gasteiger partial charge is 0.301 e. The summed E-state index contributed by atoms with van der Waals surface area (Å²) in [5, 5.41) is 26.3.